The molecule has 0 heterocycles. The van der Waals surface area contributed by atoms with Crippen LogP contribution >= 0.6 is 0 Å². The van der Waals surface area contributed by atoms with Gasteiger partial charge in [0.05, 0.1) is 11.4 Å². The molecule has 0 saturated carbocycles. The molecule has 0 spiro atoms. The molecule has 8 heteroatoms. The molecule has 33 heavy (non-hydrogen) atoms. The summed E-state index contributed by atoms with van der Waals surface area (Å²) in [5.74, 6) is -0.712. The third-order valence-electron chi connectivity index (χ3n) is 5.69. The number of benzene rings is 2. The molecule has 2 aromatic rings. The van der Waals surface area contributed by atoms with Crippen LogP contribution in [0, 0.1) is 13.8 Å². The zero-order valence-electron chi connectivity index (χ0n) is 20.3. The topological polar surface area (TPSA) is 86.8 Å². The Morgan fingerprint density at radius 2 is 1.64 bits per heavy atom. The normalized spacial score (nSPS) is 13.4. The molecule has 1 N–H and O–H groups in total. The van der Waals surface area contributed by atoms with Gasteiger partial charge in [-0.2, -0.15) is 4.31 Å². The maximum Gasteiger partial charge on any atom is 0.243 e. The number of carbonyl (C=O) groups excluding carboxylic acids is 2. The first kappa shape index (κ1) is 26.5. The molecule has 2 amide bonds. The number of nitrogens with one attached hydrogen (secondary N) is 1. The molecule has 0 unspecified atom stereocenters. The van der Waals surface area contributed by atoms with Crippen molar-refractivity contribution in [2.45, 2.75) is 64.6 Å². The Balaban J connectivity index is 2.27. The van der Waals surface area contributed by atoms with Gasteiger partial charge in [0.25, 0.3) is 0 Å². The van der Waals surface area contributed by atoms with Crippen LogP contribution in [0.4, 0.5) is 0 Å². The van der Waals surface area contributed by atoms with Crippen LogP contribution in [0.2, 0.25) is 0 Å². The second-order valence-corrected chi connectivity index (χ2v) is 10.6. The number of aryl methyl sites for hydroxylation is 2. The predicted octanol–water partition coefficient (Wildman–Crippen LogP) is 3.26. The predicted molar refractivity (Wildman–Crippen MR) is 130 cm³/mol. The Kier molecular flexibility index (Phi) is 9.19. The van der Waals surface area contributed by atoms with Crippen molar-refractivity contribution in [2.75, 3.05) is 13.6 Å². The lowest BCUT2D eigenvalue weighted by Crippen LogP contribution is -2.51. The van der Waals surface area contributed by atoms with Crippen LogP contribution in [-0.2, 0) is 26.2 Å². The minimum atomic E-state index is -3.85. The van der Waals surface area contributed by atoms with Gasteiger partial charge in [-0.05, 0) is 51.8 Å². The van der Waals surface area contributed by atoms with Gasteiger partial charge in [0.15, 0.2) is 0 Å². The summed E-state index contributed by atoms with van der Waals surface area (Å²) in [5, 5.41) is 2.91. The number of likely N-dealkylation sites (N-methyl/N-ethyl adjacent to an activating group) is 1. The van der Waals surface area contributed by atoms with E-state index in [-0.39, 0.29) is 29.9 Å². The van der Waals surface area contributed by atoms with E-state index in [4.69, 9.17) is 0 Å². The fourth-order valence-electron chi connectivity index (χ4n) is 3.31. The molecule has 180 valence electrons. The minimum absolute atomic E-state index is 0.0274. The first-order chi connectivity index (χ1) is 15.4. The Morgan fingerprint density at radius 3 is 2.21 bits per heavy atom. The minimum Gasteiger partial charge on any atom is -0.352 e. The lowest BCUT2D eigenvalue weighted by molar-refractivity contribution is -0.140. The van der Waals surface area contributed by atoms with Crippen LogP contribution in [0.1, 0.15) is 43.9 Å². The highest BCUT2D eigenvalue weighted by molar-refractivity contribution is 7.89. The van der Waals surface area contributed by atoms with Crippen molar-refractivity contribution in [2.24, 2.45) is 0 Å². The lowest BCUT2D eigenvalue weighted by atomic mass is 10.1. The van der Waals surface area contributed by atoms with E-state index in [0.29, 0.717) is 0 Å². The van der Waals surface area contributed by atoms with Gasteiger partial charge in [0, 0.05) is 19.6 Å². The van der Waals surface area contributed by atoms with Crippen LogP contribution in [0.15, 0.2) is 53.4 Å². The summed E-state index contributed by atoms with van der Waals surface area (Å²) in [6, 6.07) is 13.4. The Hall–Kier alpha value is -2.71. The van der Waals surface area contributed by atoms with Gasteiger partial charge < -0.3 is 10.2 Å². The second kappa shape index (κ2) is 11.4. The number of hydrogen-bond acceptors (Lipinski definition) is 4. The summed E-state index contributed by atoms with van der Waals surface area (Å²) in [6.07, 6.45) is 0.766. The van der Waals surface area contributed by atoms with Gasteiger partial charge >= 0.3 is 0 Å². The molecule has 0 saturated heterocycles. The summed E-state index contributed by atoms with van der Waals surface area (Å²) < 4.78 is 27.0. The molecule has 2 aromatic carbocycles. The zero-order chi connectivity index (χ0) is 24.8. The van der Waals surface area contributed by atoms with Crippen molar-refractivity contribution in [1.29, 1.82) is 0 Å². The molecule has 0 radical (unpaired) electrons. The molecule has 0 aliphatic carbocycles. The summed E-state index contributed by atoms with van der Waals surface area (Å²) in [6.45, 7) is 9.20. The van der Waals surface area contributed by atoms with Crippen LogP contribution < -0.4 is 5.32 Å². The van der Waals surface area contributed by atoms with E-state index in [2.05, 4.69) is 5.32 Å². The first-order valence-corrected chi connectivity index (χ1v) is 12.6. The van der Waals surface area contributed by atoms with Gasteiger partial charge in [-0.1, -0.05) is 54.4 Å². The largest absolute Gasteiger partial charge is 0.352 e. The summed E-state index contributed by atoms with van der Waals surface area (Å²) >= 11 is 0. The second-order valence-electron chi connectivity index (χ2n) is 8.58. The molecule has 7 nitrogen and oxygen atoms in total. The summed E-state index contributed by atoms with van der Waals surface area (Å²) in [4.78, 5) is 27.7. The number of nitrogens with zero attached hydrogens (tertiary/aromatic N) is 2. The highest BCUT2D eigenvalue weighted by Gasteiger charge is 2.30. The van der Waals surface area contributed by atoms with Crippen LogP contribution in [-0.4, -0.2) is 55.1 Å². The SMILES string of the molecule is CC[C@@H](C)NC(=O)[C@@H](C)N(Cc1cccc(C)c1)C(=O)CN(C)S(=O)(=O)c1ccc(C)cc1. The smallest absolute Gasteiger partial charge is 0.243 e. The van der Waals surface area contributed by atoms with Crippen molar-refractivity contribution >= 4 is 21.8 Å². The van der Waals surface area contributed by atoms with Crippen LogP contribution in [0.25, 0.3) is 0 Å². The van der Waals surface area contributed by atoms with Gasteiger partial charge in [-0.3, -0.25) is 9.59 Å². The van der Waals surface area contributed by atoms with E-state index in [1.165, 1.54) is 24.1 Å². The first-order valence-electron chi connectivity index (χ1n) is 11.1. The maximum absolute atomic E-state index is 13.3. The van der Waals surface area contributed by atoms with Crippen LogP contribution in [0.5, 0.6) is 0 Å². The zero-order valence-corrected chi connectivity index (χ0v) is 21.1. The fourth-order valence-corrected chi connectivity index (χ4v) is 4.43. The Morgan fingerprint density at radius 1 is 1.00 bits per heavy atom. The van der Waals surface area contributed by atoms with Crippen molar-refractivity contribution < 1.29 is 18.0 Å². The number of rotatable bonds is 10. The molecule has 0 fully saturated rings. The molecular formula is C25H35N3O4S. The van der Waals surface area contributed by atoms with E-state index in [1.807, 2.05) is 52.0 Å². The van der Waals surface area contributed by atoms with Crippen LogP contribution in [0.3, 0.4) is 0 Å². The number of sulfonamides is 1. The number of hydrogen-bond donors (Lipinski definition) is 1. The lowest BCUT2D eigenvalue weighted by Gasteiger charge is -2.31. The fraction of sp³-hybridized carbons (Fsp3) is 0.440. The van der Waals surface area contributed by atoms with Crippen molar-refractivity contribution in [3.8, 4) is 0 Å². The van der Waals surface area contributed by atoms with Crippen molar-refractivity contribution in [3.63, 3.8) is 0 Å². The van der Waals surface area contributed by atoms with Gasteiger partial charge in [-0.25, -0.2) is 8.42 Å². The van der Waals surface area contributed by atoms with E-state index < -0.39 is 22.0 Å². The average molecular weight is 474 g/mol. The Bertz CT molecular complexity index is 1070. The number of amides is 2. The highest BCUT2D eigenvalue weighted by Crippen LogP contribution is 2.17. The van der Waals surface area contributed by atoms with Gasteiger partial charge in [0.1, 0.15) is 6.04 Å². The van der Waals surface area contributed by atoms with Crippen molar-refractivity contribution in [1.82, 2.24) is 14.5 Å². The Labute approximate surface area is 197 Å². The van der Waals surface area contributed by atoms with Gasteiger partial charge in [0.2, 0.25) is 21.8 Å². The van der Waals surface area contributed by atoms with Crippen molar-refractivity contribution in [3.05, 3.63) is 65.2 Å². The standard InChI is InChI=1S/C25H35N3O4S/c1-7-20(4)26-25(30)21(5)28(16-22-10-8-9-19(3)15-22)24(29)17-27(6)33(31,32)23-13-11-18(2)12-14-23/h8-15,20-21H,7,16-17H2,1-6H3,(H,26,30)/t20-,21-/m1/s1. The third-order valence-corrected chi connectivity index (χ3v) is 7.51. The monoisotopic (exact) mass is 473 g/mol. The molecule has 0 aliphatic rings. The molecular weight excluding hydrogens is 438 g/mol. The molecule has 0 aromatic heterocycles. The summed E-state index contributed by atoms with van der Waals surface area (Å²) in [5.41, 5.74) is 2.85. The van der Waals surface area contributed by atoms with E-state index >= 15 is 0 Å². The highest BCUT2D eigenvalue weighted by atomic mass is 32.2. The van der Waals surface area contributed by atoms with Gasteiger partial charge in [-0.15, -0.1) is 0 Å². The quantitative estimate of drug-likeness (QED) is 0.574. The molecule has 2 atom stereocenters. The maximum atomic E-state index is 13.3. The third kappa shape index (κ3) is 7.14. The molecule has 0 bridgehead atoms. The molecule has 2 rings (SSSR count). The van der Waals surface area contributed by atoms with E-state index in [0.717, 1.165) is 27.4 Å². The molecule has 0 aliphatic heterocycles. The van der Waals surface area contributed by atoms with E-state index in [9.17, 15) is 18.0 Å². The van der Waals surface area contributed by atoms with E-state index in [1.54, 1.807) is 19.1 Å². The average Bonchev–Trinajstić information content (AvgIpc) is 2.77. The summed E-state index contributed by atoms with van der Waals surface area (Å²) in [7, 11) is -2.47. The number of carbonyl (C=O) groups is 2.